The monoisotopic (exact) mass is 279 g/mol. The minimum absolute atomic E-state index is 0.135. The zero-order valence-electron chi connectivity index (χ0n) is 11.8. The number of amides is 1. The Balaban J connectivity index is 2.07. The van der Waals surface area contributed by atoms with Crippen LogP contribution in [0, 0.1) is 0 Å². The molecule has 0 saturated carbocycles. The van der Waals surface area contributed by atoms with E-state index in [0.29, 0.717) is 6.61 Å². The van der Waals surface area contributed by atoms with Crippen LogP contribution in [0.5, 0.6) is 0 Å². The Labute approximate surface area is 119 Å². The van der Waals surface area contributed by atoms with E-state index in [1.807, 2.05) is 37.3 Å². The van der Waals surface area contributed by atoms with Gasteiger partial charge >= 0.3 is 12.1 Å². The third-order valence-corrected chi connectivity index (χ3v) is 2.57. The number of alkyl carbamates (subject to hydrolysis) is 1. The number of carbonyl (C=O) groups is 2. The number of esters is 1. The van der Waals surface area contributed by atoms with Gasteiger partial charge in [0.25, 0.3) is 0 Å². The molecule has 1 rings (SSSR count). The van der Waals surface area contributed by atoms with Crippen molar-refractivity contribution < 1.29 is 19.1 Å². The molecule has 0 radical (unpaired) electrons. The molecule has 0 bridgehead atoms. The van der Waals surface area contributed by atoms with E-state index in [1.165, 1.54) is 0 Å². The van der Waals surface area contributed by atoms with Crippen LogP contribution in [0.15, 0.2) is 30.3 Å². The highest BCUT2D eigenvalue weighted by Crippen LogP contribution is 2.01. The lowest BCUT2D eigenvalue weighted by atomic mass is 10.2. The summed E-state index contributed by atoms with van der Waals surface area (Å²) in [5.74, 6) is -0.345. The number of rotatable bonds is 8. The second kappa shape index (κ2) is 9.83. The van der Waals surface area contributed by atoms with Gasteiger partial charge in [0.1, 0.15) is 6.61 Å². The average molecular weight is 279 g/mol. The van der Waals surface area contributed by atoms with Gasteiger partial charge in [-0.2, -0.15) is 0 Å². The van der Waals surface area contributed by atoms with Crippen LogP contribution in [-0.2, 0) is 20.9 Å². The fourth-order valence-electron chi connectivity index (χ4n) is 1.44. The van der Waals surface area contributed by atoms with Crippen LogP contribution in [0.1, 0.15) is 31.7 Å². The van der Waals surface area contributed by atoms with Crippen LogP contribution in [0.2, 0.25) is 0 Å². The molecule has 0 aliphatic heterocycles. The quantitative estimate of drug-likeness (QED) is 0.587. The molecule has 5 nitrogen and oxygen atoms in total. The zero-order valence-corrected chi connectivity index (χ0v) is 11.8. The van der Waals surface area contributed by atoms with E-state index < -0.39 is 6.09 Å². The fraction of sp³-hybridized carbons (Fsp3) is 0.467. The number of nitrogens with one attached hydrogen (secondary N) is 1. The maximum Gasteiger partial charge on any atom is 0.407 e. The number of ether oxygens (including phenoxy) is 2. The van der Waals surface area contributed by atoms with Gasteiger partial charge in [0, 0.05) is 6.54 Å². The number of hydrogen-bond donors (Lipinski definition) is 1. The Bertz CT molecular complexity index is 406. The number of hydrogen-bond acceptors (Lipinski definition) is 4. The first-order valence-electron chi connectivity index (χ1n) is 6.82. The number of carbonyl (C=O) groups excluding carboxylic acids is 2. The Kier molecular flexibility index (Phi) is 7.87. The van der Waals surface area contributed by atoms with Crippen molar-refractivity contribution in [3.8, 4) is 0 Å². The zero-order chi connectivity index (χ0) is 14.6. The molecule has 0 saturated heterocycles. The summed E-state index contributed by atoms with van der Waals surface area (Å²) >= 11 is 0. The summed E-state index contributed by atoms with van der Waals surface area (Å²) in [4.78, 5) is 22.6. The SMILES string of the molecule is CCCCOC(=O)NCCC(=O)OCc1ccccc1. The lowest BCUT2D eigenvalue weighted by Crippen LogP contribution is -2.27. The fourth-order valence-corrected chi connectivity index (χ4v) is 1.44. The van der Waals surface area contributed by atoms with E-state index in [0.717, 1.165) is 18.4 Å². The van der Waals surface area contributed by atoms with Crippen LogP contribution < -0.4 is 5.32 Å². The minimum Gasteiger partial charge on any atom is -0.461 e. The molecule has 1 N–H and O–H groups in total. The van der Waals surface area contributed by atoms with Crippen molar-refractivity contribution in [2.24, 2.45) is 0 Å². The summed E-state index contributed by atoms with van der Waals surface area (Å²) in [5, 5.41) is 2.51. The molecule has 0 aliphatic rings. The van der Waals surface area contributed by atoms with Gasteiger partial charge in [-0.1, -0.05) is 43.7 Å². The van der Waals surface area contributed by atoms with Crippen LogP contribution in [0.25, 0.3) is 0 Å². The van der Waals surface area contributed by atoms with Gasteiger partial charge in [0.15, 0.2) is 0 Å². The van der Waals surface area contributed by atoms with E-state index in [2.05, 4.69) is 5.32 Å². The smallest absolute Gasteiger partial charge is 0.407 e. The second-order valence-corrected chi connectivity index (χ2v) is 4.31. The van der Waals surface area contributed by atoms with Crippen molar-refractivity contribution in [2.45, 2.75) is 32.8 Å². The van der Waals surface area contributed by atoms with Crippen LogP contribution in [0.4, 0.5) is 4.79 Å². The molecule has 1 amide bonds. The lowest BCUT2D eigenvalue weighted by Gasteiger charge is -2.07. The first-order valence-corrected chi connectivity index (χ1v) is 6.82. The third-order valence-electron chi connectivity index (χ3n) is 2.57. The molecule has 1 aromatic carbocycles. The van der Waals surface area contributed by atoms with Gasteiger partial charge < -0.3 is 14.8 Å². The van der Waals surface area contributed by atoms with Crippen LogP contribution in [0.3, 0.4) is 0 Å². The van der Waals surface area contributed by atoms with E-state index in [9.17, 15) is 9.59 Å². The van der Waals surface area contributed by atoms with Gasteiger partial charge in [-0.25, -0.2) is 4.79 Å². The molecule has 110 valence electrons. The molecule has 0 spiro atoms. The lowest BCUT2D eigenvalue weighted by molar-refractivity contribution is -0.144. The molecule has 0 atom stereocenters. The first kappa shape index (κ1) is 16.0. The second-order valence-electron chi connectivity index (χ2n) is 4.31. The molecule has 0 aromatic heterocycles. The van der Waals surface area contributed by atoms with Crippen molar-refractivity contribution in [2.75, 3.05) is 13.2 Å². The summed E-state index contributed by atoms with van der Waals surface area (Å²) in [7, 11) is 0. The predicted molar refractivity (Wildman–Crippen MR) is 75.1 cm³/mol. The maximum atomic E-state index is 11.4. The third kappa shape index (κ3) is 7.41. The van der Waals surface area contributed by atoms with Crippen molar-refractivity contribution in [1.29, 1.82) is 0 Å². The van der Waals surface area contributed by atoms with Gasteiger partial charge in [-0.05, 0) is 12.0 Å². The molecule has 1 aromatic rings. The van der Waals surface area contributed by atoms with Crippen LogP contribution in [-0.4, -0.2) is 25.2 Å². The van der Waals surface area contributed by atoms with Crippen molar-refractivity contribution in [1.82, 2.24) is 5.32 Å². The van der Waals surface area contributed by atoms with Gasteiger partial charge in [0.2, 0.25) is 0 Å². The Morgan fingerprint density at radius 2 is 1.90 bits per heavy atom. The molecular weight excluding hydrogens is 258 g/mol. The van der Waals surface area contributed by atoms with E-state index in [-0.39, 0.29) is 25.5 Å². The number of benzene rings is 1. The predicted octanol–water partition coefficient (Wildman–Crippen LogP) is 2.65. The minimum atomic E-state index is -0.491. The molecular formula is C15H21NO4. The van der Waals surface area contributed by atoms with Gasteiger partial charge in [-0.15, -0.1) is 0 Å². The van der Waals surface area contributed by atoms with E-state index in [4.69, 9.17) is 9.47 Å². The molecule has 5 heteroatoms. The van der Waals surface area contributed by atoms with Crippen molar-refractivity contribution >= 4 is 12.1 Å². The van der Waals surface area contributed by atoms with Gasteiger partial charge in [-0.3, -0.25) is 4.79 Å². The van der Waals surface area contributed by atoms with E-state index >= 15 is 0 Å². The highest BCUT2D eigenvalue weighted by Gasteiger charge is 2.06. The Hall–Kier alpha value is -2.04. The standard InChI is InChI=1S/C15H21NO4/c1-2-3-11-19-15(18)16-10-9-14(17)20-12-13-7-5-4-6-8-13/h4-8H,2-3,9-12H2,1H3,(H,16,18). The molecule has 0 heterocycles. The van der Waals surface area contributed by atoms with Crippen molar-refractivity contribution in [3.63, 3.8) is 0 Å². The maximum absolute atomic E-state index is 11.4. The summed E-state index contributed by atoms with van der Waals surface area (Å²) in [6.07, 6.45) is 1.45. The topological polar surface area (TPSA) is 64.6 Å². The largest absolute Gasteiger partial charge is 0.461 e. The number of unbranched alkanes of at least 4 members (excludes halogenated alkanes) is 1. The highest BCUT2D eigenvalue weighted by molar-refractivity contribution is 5.71. The summed E-state index contributed by atoms with van der Waals surface area (Å²) in [6, 6.07) is 9.45. The molecule has 0 unspecified atom stereocenters. The van der Waals surface area contributed by atoms with Crippen LogP contribution >= 0.6 is 0 Å². The first-order chi connectivity index (χ1) is 9.72. The summed E-state index contributed by atoms with van der Waals surface area (Å²) in [5.41, 5.74) is 0.938. The molecule has 0 fully saturated rings. The highest BCUT2D eigenvalue weighted by atomic mass is 16.5. The van der Waals surface area contributed by atoms with Gasteiger partial charge in [0.05, 0.1) is 13.0 Å². The Morgan fingerprint density at radius 1 is 1.15 bits per heavy atom. The normalized spacial score (nSPS) is 9.85. The molecule has 20 heavy (non-hydrogen) atoms. The average Bonchev–Trinajstić information content (AvgIpc) is 2.46. The summed E-state index contributed by atoms with van der Waals surface area (Å²) in [6.45, 7) is 2.89. The van der Waals surface area contributed by atoms with Crippen molar-refractivity contribution in [3.05, 3.63) is 35.9 Å². The Morgan fingerprint density at radius 3 is 2.60 bits per heavy atom. The van der Waals surface area contributed by atoms with E-state index in [1.54, 1.807) is 0 Å². The molecule has 0 aliphatic carbocycles. The summed E-state index contributed by atoms with van der Waals surface area (Å²) < 4.78 is 9.97.